The van der Waals surface area contributed by atoms with Gasteiger partial charge in [0.2, 0.25) is 0 Å². The molecule has 0 bridgehead atoms. The Hall–Kier alpha value is -0.0700. The molecule has 0 aromatic carbocycles. The number of fused-ring (bicyclic) bond motifs is 1. The minimum absolute atomic E-state index is 0.297. The van der Waals surface area contributed by atoms with E-state index in [4.69, 9.17) is 0 Å². The zero-order valence-electron chi connectivity index (χ0n) is 4.15. The molecule has 0 heterocycles. The van der Waals surface area contributed by atoms with Gasteiger partial charge in [-0.25, -0.2) is 4.39 Å². The van der Waals surface area contributed by atoms with Crippen LogP contribution in [0, 0.1) is 18.0 Å². The summed E-state index contributed by atoms with van der Waals surface area (Å²) in [7, 11) is 0. The predicted octanol–water partition coefficient (Wildman–Crippen LogP) is 1.92. The number of hydrogen-bond acceptors (Lipinski definition) is 0. The molecule has 0 saturated heterocycles. The van der Waals surface area contributed by atoms with Gasteiger partial charge in [-0.3, -0.25) is 0 Å². The summed E-state index contributed by atoms with van der Waals surface area (Å²) in [5, 5.41) is 0. The number of rotatable bonds is 0. The standard InChI is InChI=1S/C6H8F/c7-6-4-2-1-3-5(4)6/h4-5H,1-3H2. The second kappa shape index (κ2) is 1.01. The average Bonchev–Trinajstić information content (AvgIpc) is 2.26. The van der Waals surface area contributed by atoms with Crippen LogP contribution < -0.4 is 0 Å². The Bertz CT molecular complexity index is 80.2. The average molecular weight is 99.1 g/mol. The molecule has 2 saturated carbocycles. The van der Waals surface area contributed by atoms with E-state index in [2.05, 4.69) is 0 Å². The van der Waals surface area contributed by atoms with E-state index >= 15 is 0 Å². The van der Waals surface area contributed by atoms with Gasteiger partial charge in [0.15, 0.2) is 6.17 Å². The van der Waals surface area contributed by atoms with Gasteiger partial charge in [-0.2, -0.15) is 0 Å². The third kappa shape index (κ3) is 0.361. The van der Waals surface area contributed by atoms with E-state index in [1.807, 2.05) is 0 Å². The monoisotopic (exact) mass is 99.1 g/mol. The number of halogens is 1. The lowest BCUT2D eigenvalue weighted by atomic mass is 10.2. The fourth-order valence-corrected chi connectivity index (χ4v) is 1.58. The molecule has 39 valence electrons. The Labute approximate surface area is 42.7 Å². The van der Waals surface area contributed by atoms with Crippen molar-refractivity contribution in [3.05, 3.63) is 6.17 Å². The molecule has 1 radical (unpaired) electrons. The maximum absolute atomic E-state index is 12.1. The summed E-state index contributed by atoms with van der Waals surface area (Å²) in [6.45, 7) is 0. The normalized spacial score (nSPS) is 49.3. The molecule has 0 aromatic heterocycles. The molecule has 0 spiro atoms. The summed E-state index contributed by atoms with van der Waals surface area (Å²) in [5.41, 5.74) is 0. The zero-order valence-corrected chi connectivity index (χ0v) is 4.15. The van der Waals surface area contributed by atoms with E-state index in [0.717, 1.165) is 12.8 Å². The first-order chi connectivity index (χ1) is 3.39. The fraction of sp³-hybridized carbons (Fsp3) is 0.833. The van der Waals surface area contributed by atoms with Crippen molar-refractivity contribution in [1.82, 2.24) is 0 Å². The third-order valence-corrected chi connectivity index (χ3v) is 2.12. The van der Waals surface area contributed by atoms with E-state index < -0.39 is 0 Å². The summed E-state index contributed by atoms with van der Waals surface area (Å²) >= 11 is 0. The highest BCUT2D eigenvalue weighted by molar-refractivity contribution is 5.16. The molecule has 2 atom stereocenters. The fourth-order valence-electron chi connectivity index (χ4n) is 1.58. The van der Waals surface area contributed by atoms with Crippen molar-refractivity contribution in [1.29, 1.82) is 0 Å². The molecule has 0 N–H and O–H groups in total. The van der Waals surface area contributed by atoms with Crippen LogP contribution in [-0.4, -0.2) is 0 Å². The molecule has 0 amide bonds. The van der Waals surface area contributed by atoms with Crippen LogP contribution in [0.25, 0.3) is 0 Å². The highest BCUT2D eigenvalue weighted by atomic mass is 19.1. The second-order valence-electron chi connectivity index (χ2n) is 2.53. The minimum Gasteiger partial charge on any atom is -0.240 e. The maximum Gasteiger partial charge on any atom is 0.151 e. The highest BCUT2D eigenvalue weighted by Crippen LogP contribution is 2.59. The highest BCUT2D eigenvalue weighted by Gasteiger charge is 2.54. The van der Waals surface area contributed by atoms with Gasteiger partial charge in [-0.05, 0) is 12.8 Å². The van der Waals surface area contributed by atoms with Gasteiger partial charge in [0, 0.05) is 11.8 Å². The van der Waals surface area contributed by atoms with Gasteiger partial charge in [0.05, 0.1) is 0 Å². The summed E-state index contributed by atoms with van der Waals surface area (Å²) in [6.07, 6.45) is 3.83. The Morgan fingerprint density at radius 1 is 1.29 bits per heavy atom. The third-order valence-electron chi connectivity index (χ3n) is 2.12. The summed E-state index contributed by atoms with van der Waals surface area (Å²) in [5.74, 6) is 0.861. The van der Waals surface area contributed by atoms with Gasteiger partial charge in [-0.1, -0.05) is 6.42 Å². The summed E-state index contributed by atoms with van der Waals surface area (Å²) in [4.78, 5) is 0. The van der Waals surface area contributed by atoms with Gasteiger partial charge < -0.3 is 0 Å². The molecular formula is C6H8F. The van der Waals surface area contributed by atoms with E-state index in [-0.39, 0.29) is 0 Å². The molecule has 0 aromatic rings. The molecule has 2 fully saturated rings. The van der Waals surface area contributed by atoms with Crippen LogP contribution in [0.4, 0.5) is 4.39 Å². The predicted molar refractivity (Wildman–Crippen MR) is 25.2 cm³/mol. The minimum atomic E-state index is 0.297. The number of hydrogen-bond donors (Lipinski definition) is 0. The van der Waals surface area contributed by atoms with Crippen molar-refractivity contribution in [3.8, 4) is 0 Å². The Morgan fingerprint density at radius 3 is 2.14 bits per heavy atom. The molecule has 2 unspecified atom stereocenters. The largest absolute Gasteiger partial charge is 0.240 e. The van der Waals surface area contributed by atoms with Gasteiger partial charge in [-0.15, -0.1) is 0 Å². The van der Waals surface area contributed by atoms with Gasteiger partial charge in [0.1, 0.15) is 0 Å². The summed E-state index contributed by atoms with van der Waals surface area (Å²) in [6, 6.07) is 0. The van der Waals surface area contributed by atoms with Crippen molar-refractivity contribution >= 4 is 0 Å². The summed E-state index contributed by atoms with van der Waals surface area (Å²) < 4.78 is 12.1. The molecule has 7 heavy (non-hydrogen) atoms. The molecule has 0 nitrogen and oxygen atoms in total. The van der Waals surface area contributed by atoms with Crippen molar-refractivity contribution in [2.75, 3.05) is 0 Å². The SMILES string of the molecule is F[C]1C2CCCC12. The van der Waals surface area contributed by atoms with Crippen LogP contribution in [0.15, 0.2) is 0 Å². The van der Waals surface area contributed by atoms with Crippen molar-refractivity contribution in [2.24, 2.45) is 11.8 Å². The van der Waals surface area contributed by atoms with E-state index in [9.17, 15) is 4.39 Å². The Morgan fingerprint density at radius 2 is 1.86 bits per heavy atom. The van der Waals surface area contributed by atoms with Gasteiger partial charge in [0.25, 0.3) is 0 Å². The van der Waals surface area contributed by atoms with Crippen LogP contribution >= 0.6 is 0 Å². The zero-order chi connectivity index (χ0) is 4.85. The lowest BCUT2D eigenvalue weighted by Crippen LogP contribution is -1.73. The molecule has 0 aliphatic heterocycles. The topological polar surface area (TPSA) is 0 Å². The lowest BCUT2D eigenvalue weighted by Gasteiger charge is -1.86. The molecule has 2 rings (SSSR count). The Kier molecular flexibility index (Phi) is 0.561. The Balaban J connectivity index is 2.06. The first-order valence-electron chi connectivity index (χ1n) is 2.92. The van der Waals surface area contributed by atoms with Crippen LogP contribution in [0.5, 0.6) is 0 Å². The smallest absolute Gasteiger partial charge is 0.151 e. The van der Waals surface area contributed by atoms with Crippen LogP contribution in [-0.2, 0) is 0 Å². The van der Waals surface area contributed by atoms with Crippen LogP contribution in [0.2, 0.25) is 0 Å². The van der Waals surface area contributed by atoms with E-state index in [1.54, 1.807) is 0 Å². The first kappa shape index (κ1) is 3.88. The molecule has 2 aliphatic rings. The van der Waals surface area contributed by atoms with E-state index in [1.165, 1.54) is 6.42 Å². The van der Waals surface area contributed by atoms with Gasteiger partial charge >= 0.3 is 0 Å². The quantitative estimate of drug-likeness (QED) is 0.435. The molecule has 1 heteroatoms. The second-order valence-corrected chi connectivity index (χ2v) is 2.53. The van der Waals surface area contributed by atoms with Crippen LogP contribution in [0.3, 0.4) is 0 Å². The molecule has 2 aliphatic carbocycles. The molecular weight excluding hydrogens is 91.1 g/mol. The maximum atomic E-state index is 12.1. The van der Waals surface area contributed by atoms with Crippen molar-refractivity contribution < 1.29 is 4.39 Å². The van der Waals surface area contributed by atoms with E-state index in [0.29, 0.717) is 18.0 Å². The lowest BCUT2D eigenvalue weighted by molar-refractivity contribution is 0.514. The van der Waals surface area contributed by atoms with Crippen molar-refractivity contribution in [3.63, 3.8) is 0 Å². The first-order valence-corrected chi connectivity index (χ1v) is 2.92. The van der Waals surface area contributed by atoms with Crippen molar-refractivity contribution in [2.45, 2.75) is 19.3 Å². The van der Waals surface area contributed by atoms with Crippen LogP contribution in [0.1, 0.15) is 19.3 Å².